The predicted molar refractivity (Wildman–Crippen MR) is 116 cm³/mol. The molecule has 0 bridgehead atoms. The van der Waals surface area contributed by atoms with E-state index in [1.165, 1.54) is 0 Å². The summed E-state index contributed by atoms with van der Waals surface area (Å²) in [7, 11) is 0. The zero-order valence-corrected chi connectivity index (χ0v) is 16.9. The normalized spacial score (nSPS) is 10.4. The summed E-state index contributed by atoms with van der Waals surface area (Å²) in [5, 5.41) is 0.945. The minimum absolute atomic E-state index is 0.0435. The molecule has 0 saturated heterocycles. The van der Waals surface area contributed by atoms with Crippen LogP contribution >= 0.6 is 0 Å². The number of amides is 2. The predicted octanol–water partition coefficient (Wildman–Crippen LogP) is 3.38. The van der Waals surface area contributed by atoms with Crippen molar-refractivity contribution in [3.8, 4) is 5.75 Å². The molecule has 3 rings (SSSR count). The van der Waals surface area contributed by atoms with Gasteiger partial charge in [0, 0.05) is 16.7 Å². The van der Waals surface area contributed by atoms with Gasteiger partial charge in [-0.05, 0) is 49.2 Å². The number of ketones is 1. The van der Waals surface area contributed by atoms with Gasteiger partial charge in [-0.3, -0.25) is 10.2 Å². The average Bonchev–Trinajstić information content (AvgIpc) is 2.77. The fourth-order valence-electron chi connectivity index (χ4n) is 3.14. The number of urea groups is 1. The molecule has 2 amide bonds. The van der Waals surface area contributed by atoms with Crippen LogP contribution in [0.5, 0.6) is 5.75 Å². The molecule has 0 aliphatic heterocycles. The molecule has 0 aliphatic rings. The Morgan fingerprint density at radius 3 is 2.33 bits per heavy atom. The van der Waals surface area contributed by atoms with Crippen LogP contribution in [0.1, 0.15) is 32.6 Å². The lowest BCUT2D eigenvalue weighted by molar-refractivity contribution is 0.103. The molecular weight excluding hydrogens is 380 g/mol. The highest BCUT2D eigenvalue weighted by atomic mass is 16.5. The Hall–Kier alpha value is -3.68. The van der Waals surface area contributed by atoms with Gasteiger partial charge in [0.1, 0.15) is 12.4 Å². The molecule has 0 aliphatic carbocycles. The van der Waals surface area contributed by atoms with Crippen LogP contribution < -0.4 is 26.9 Å². The first-order valence-corrected chi connectivity index (χ1v) is 9.39. The van der Waals surface area contributed by atoms with E-state index in [0.717, 1.165) is 21.7 Å². The number of rotatable bonds is 6. The zero-order valence-electron chi connectivity index (χ0n) is 16.9. The molecule has 0 fully saturated rings. The third kappa shape index (κ3) is 4.48. The molecule has 0 heterocycles. The Kier molecular flexibility index (Phi) is 6.46. The second-order valence-corrected chi connectivity index (χ2v) is 6.86. The number of ether oxygens (including phenoxy) is 1. The first kappa shape index (κ1) is 21.0. The number of carbonyl (C=O) groups excluding carboxylic acids is 2. The number of hydrogen-bond acceptors (Lipinski definition) is 5. The van der Waals surface area contributed by atoms with E-state index in [4.69, 9.17) is 16.4 Å². The highest BCUT2D eigenvalue weighted by Gasteiger charge is 2.17. The minimum Gasteiger partial charge on any atom is -0.489 e. The van der Waals surface area contributed by atoms with Gasteiger partial charge in [-0.15, -0.1) is 0 Å². The molecule has 3 aromatic carbocycles. The lowest BCUT2D eigenvalue weighted by Crippen LogP contribution is -2.48. The van der Waals surface area contributed by atoms with Crippen molar-refractivity contribution in [1.82, 2.24) is 5.43 Å². The SMILES string of the molecule is Cc1cc(C(=O)c2ccccc2)ccc1OCc1c(C)cccc1N(N)C(=O)NN. The van der Waals surface area contributed by atoms with Gasteiger partial charge < -0.3 is 4.74 Å². The highest BCUT2D eigenvalue weighted by Crippen LogP contribution is 2.26. The van der Waals surface area contributed by atoms with E-state index < -0.39 is 6.03 Å². The third-order valence-corrected chi connectivity index (χ3v) is 4.83. The Morgan fingerprint density at radius 1 is 0.933 bits per heavy atom. The maximum absolute atomic E-state index is 12.6. The molecule has 0 saturated carbocycles. The molecule has 0 unspecified atom stereocenters. The maximum Gasteiger partial charge on any atom is 0.350 e. The lowest BCUT2D eigenvalue weighted by atomic mass is 10.0. The molecule has 7 nitrogen and oxygen atoms in total. The van der Waals surface area contributed by atoms with Crippen molar-refractivity contribution in [3.05, 3.63) is 94.5 Å². The fourth-order valence-corrected chi connectivity index (χ4v) is 3.14. The highest BCUT2D eigenvalue weighted by molar-refractivity contribution is 6.09. The van der Waals surface area contributed by atoms with Crippen molar-refractivity contribution in [2.24, 2.45) is 11.7 Å². The number of nitrogens with one attached hydrogen (secondary N) is 1. The van der Waals surface area contributed by atoms with Crippen LogP contribution in [-0.4, -0.2) is 11.8 Å². The summed E-state index contributed by atoms with van der Waals surface area (Å²) < 4.78 is 5.99. The topological polar surface area (TPSA) is 111 Å². The van der Waals surface area contributed by atoms with Gasteiger partial charge in [0.15, 0.2) is 5.78 Å². The molecule has 0 radical (unpaired) electrons. The molecule has 0 spiro atoms. The molecule has 0 atom stereocenters. The van der Waals surface area contributed by atoms with Crippen LogP contribution in [0.25, 0.3) is 0 Å². The fraction of sp³-hybridized carbons (Fsp3) is 0.130. The summed E-state index contributed by atoms with van der Waals surface area (Å²) >= 11 is 0. The van der Waals surface area contributed by atoms with E-state index in [1.807, 2.05) is 43.5 Å². The number of aryl methyl sites for hydroxylation is 2. The summed E-state index contributed by atoms with van der Waals surface area (Å²) in [6.45, 7) is 3.98. The van der Waals surface area contributed by atoms with Gasteiger partial charge >= 0.3 is 6.03 Å². The molecular formula is C23H24N4O3. The zero-order chi connectivity index (χ0) is 21.7. The lowest BCUT2D eigenvalue weighted by Gasteiger charge is -2.21. The van der Waals surface area contributed by atoms with Crippen molar-refractivity contribution >= 4 is 17.5 Å². The van der Waals surface area contributed by atoms with E-state index in [2.05, 4.69) is 0 Å². The number of nitrogens with two attached hydrogens (primary N) is 2. The number of hydrazine groups is 2. The number of nitrogens with zero attached hydrogens (tertiary/aromatic N) is 1. The van der Waals surface area contributed by atoms with Crippen LogP contribution in [0.15, 0.2) is 66.7 Å². The molecule has 30 heavy (non-hydrogen) atoms. The van der Waals surface area contributed by atoms with Crippen LogP contribution in [0.3, 0.4) is 0 Å². The van der Waals surface area contributed by atoms with Crippen molar-refractivity contribution in [2.75, 3.05) is 5.01 Å². The first-order valence-electron chi connectivity index (χ1n) is 9.39. The van der Waals surface area contributed by atoms with Crippen LogP contribution in [0.4, 0.5) is 10.5 Å². The van der Waals surface area contributed by atoms with Gasteiger partial charge in [-0.2, -0.15) is 0 Å². The molecule has 0 aromatic heterocycles. The summed E-state index contributed by atoms with van der Waals surface area (Å²) in [6, 6.07) is 19.2. The van der Waals surface area contributed by atoms with Crippen LogP contribution in [0, 0.1) is 13.8 Å². The van der Waals surface area contributed by atoms with Crippen molar-refractivity contribution in [1.29, 1.82) is 0 Å². The van der Waals surface area contributed by atoms with E-state index >= 15 is 0 Å². The smallest absolute Gasteiger partial charge is 0.350 e. The second-order valence-electron chi connectivity index (χ2n) is 6.86. The minimum atomic E-state index is -0.637. The van der Waals surface area contributed by atoms with Crippen molar-refractivity contribution < 1.29 is 14.3 Å². The van der Waals surface area contributed by atoms with E-state index in [9.17, 15) is 9.59 Å². The first-order chi connectivity index (χ1) is 14.4. The molecule has 5 N–H and O–H groups in total. The van der Waals surface area contributed by atoms with Crippen LogP contribution in [-0.2, 0) is 6.61 Å². The third-order valence-electron chi connectivity index (χ3n) is 4.83. The van der Waals surface area contributed by atoms with E-state index in [-0.39, 0.29) is 12.4 Å². The Balaban J connectivity index is 1.80. The number of anilines is 1. The molecule has 7 heteroatoms. The van der Waals surface area contributed by atoms with Crippen molar-refractivity contribution in [2.45, 2.75) is 20.5 Å². The largest absolute Gasteiger partial charge is 0.489 e. The van der Waals surface area contributed by atoms with Gasteiger partial charge in [-0.25, -0.2) is 21.5 Å². The number of benzene rings is 3. The average molecular weight is 404 g/mol. The summed E-state index contributed by atoms with van der Waals surface area (Å²) in [5.74, 6) is 11.7. The van der Waals surface area contributed by atoms with Gasteiger partial charge in [-0.1, -0.05) is 42.5 Å². The molecule has 3 aromatic rings. The summed E-state index contributed by atoms with van der Waals surface area (Å²) in [6.07, 6.45) is 0. The Bertz CT molecular complexity index is 1070. The van der Waals surface area contributed by atoms with Gasteiger partial charge in [0.05, 0.1) is 5.69 Å². The van der Waals surface area contributed by atoms with Gasteiger partial charge in [0.2, 0.25) is 0 Å². The monoisotopic (exact) mass is 404 g/mol. The van der Waals surface area contributed by atoms with E-state index in [1.54, 1.807) is 42.5 Å². The quantitative estimate of drug-likeness (QED) is 0.252. The van der Waals surface area contributed by atoms with Gasteiger partial charge in [0.25, 0.3) is 0 Å². The Labute approximate surface area is 175 Å². The van der Waals surface area contributed by atoms with Crippen molar-refractivity contribution in [3.63, 3.8) is 0 Å². The van der Waals surface area contributed by atoms with E-state index in [0.29, 0.717) is 22.6 Å². The maximum atomic E-state index is 12.6. The number of hydrogen-bond donors (Lipinski definition) is 3. The molecule has 154 valence electrons. The summed E-state index contributed by atoms with van der Waals surface area (Å²) in [4.78, 5) is 24.5. The standard InChI is InChI=1S/C23H24N4O3/c1-15-7-6-10-20(27(25)23(29)26-24)19(15)14-30-21-12-11-18(13-16(21)2)22(28)17-8-4-3-5-9-17/h3-13H,14,24-25H2,1-2H3,(H,26,29). The second kappa shape index (κ2) is 9.21. The Morgan fingerprint density at radius 2 is 1.67 bits per heavy atom. The van der Waals surface area contributed by atoms with Crippen LogP contribution in [0.2, 0.25) is 0 Å². The summed E-state index contributed by atoms with van der Waals surface area (Å²) in [5.41, 5.74) is 6.24. The number of carbonyl (C=O) groups is 2.